The first kappa shape index (κ1) is 30.0. The Balaban J connectivity index is 0.000000681. The Morgan fingerprint density at radius 1 is 0.750 bits per heavy atom. The van der Waals surface area contributed by atoms with E-state index in [1.807, 2.05) is 43.3 Å². The van der Waals surface area contributed by atoms with Gasteiger partial charge in [-0.3, -0.25) is 0 Å². The van der Waals surface area contributed by atoms with Gasteiger partial charge < -0.3 is 9.32 Å². The highest BCUT2D eigenvalue weighted by molar-refractivity contribution is 8.01. The molecule has 1 aromatic heterocycles. The van der Waals surface area contributed by atoms with E-state index in [0.717, 1.165) is 5.44 Å². The SMILES string of the molecule is CN(C)c1oc(-c2ccc(Cl)cc2Cl)nc1[P+](c1ccccc1)(c1ccccc1)c1ccccc1.[O-][Cl+3]([O-])([O-])O. The molecular weight excluding hydrogens is 594 g/mol. The van der Waals surface area contributed by atoms with E-state index in [1.165, 1.54) is 15.9 Å². The first-order chi connectivity index (χ1) is 19.0. The van der Waals surface area contributed by atoms with Crippen LogP contribution in [0.2, 0.25) is 10.0 Å². The number of oxazole rings is 1. The lowest BCUT2D eigenvalue weighted by molar-refractivity contribution is -1.92. The van der Waals surface area contributed by atoms with E-state index in [1.54, 1.807) is 12.1 Å². The Kier molecular flexibility index (Phi) is 9.52. The Morgan fingerprint density at radius 2 is 1.18 bits per heavy atom. The van der Waals surface area contributed by atoms with E-state index < -0.39 is 17.5 Å². The highest BCUT2D eigenvalue weighted by atomic mass is 35.7. The molecule has 5 aromatic rings. The molecule has 0 unspecified atom stereocenters. The van der Waals surface area contributed by atoms with Gasteiger partial charge in [0.15, 0.2) is 7.26 Å². The summed E-state index contributed by atoms with van der Waals surface area (Å²) in [6, 6.07) is 37.2. The first-order valence-electron chi connectivity index (χ1n) is 11.8. The van der Waals surface area contributed by atoms with Gasteiger partial charge in [0.05, 0.1) is 25.5 Å². The number of halogens is 3. The zero-order chi connectivity index (χ0) is 28.9. The average molecular weight is 619 g/mol. The lowest BCUT2D eigenvalue weighted by Crippen LogP contribution is -2.58. The van der Waals surface area contributed by atoms with E-state index >= 15 is 0 Å². The minimum atomic E-state index is -4.69. The molecule has 0 spiro atoms. The number of benzene rings is 4. The number of rotatable bonds is 6. The van der Waals surface area contributed by atoms with Crippen molar-refractivity contribution in [2.24, 2.45) is 0 Å². The van der Waals surface area contributed by atoms with Crippen molar-refractivity contribution in [3.05, 3.63) is 119 Å². The molecule has 4 aromatic carbocycles. The third kappa shape index (κ3) is 6.66. The van der Waals surface area contributed by atoms with Crippen molar-refractivity contribution >= 4 is 57.7 Å². The summed E-state index contributed by atoms with van der Waals surface area (Å²) in [7, 11) is -3.17. The van der Waals surface area contributed by atoms with Gasteiger partial charge in [-0.2, -0.15) is 19.0 Å². The van der Waals surface area contributed by atoms with Crippen LogP contribution in [0, 0.1) is 10.2 Å². The molecule has 0 aliphatic heterocycles. The second-order valence-electron chi connectivity index (χ2n) is 8.74. The smallest absolute Gasteiger partial charge is 0.262 e. The molecule has 0 bridgehead atoms. The van der Waals surface area contributed by atoms with Crippen LogP contribution in [-0.4, -0.2) is 23.7 Å². The van der Waals surface area contributed by atoms with Crippen molar-refractivity contribution < 1.29 is 33.3 Å². The number of anilines is 1. The second-order valence-corrected chi connectivity index (χ2v) is 13.7. The first-order valence-corrected chi connectivity index (χ1v) is 15.7. The summed E-state index contributed by atoms with van der Waals surface area (Å²) >= 11 is 12.7. The minimum Gasteiger partial charge on any atom is -0.416 e. The van der Waals surface area contributed by atoms with E-state index in [0.29, 0.717) is 27.4 Å². The van der Waals surface area contributed by atoms with Crippen LogP contribution in [0.3, 0.4) is 0 Å². The van der Waals surface area contributed by atoms with Gasteiger partial charge in [-0.1, -0.05) is 77.8 Å². The zero-order valence-corrected chi connectivity index (χ0v) is 24.6. The molecule has 5 rings (SSSR count). The maximum Gasteiger partial charge on any atom is 0.262 e. The summed E-state index contributed by atoms with van der Waals surface area (Å²) in [5.74, 6) is 1.17. The lowest BCUT2D eigenvalue weighted by atomic mass is 10.2. The largest absolute Gasteiger partial charge is 0.416 e. The van der Waals surface area contributed by atoms with Crippen molar-refractivity contribution in [3.63, 3.8) is 0 Å². The van der Waals surface area contributed by atoms with Crippen LogP contribution in [0.4, 0.5) is 5.88 Å². The maximum atomic E-state index is 8.60. The molecule has 1 N–H and O–H groups in total. The number of hydrogen-bond acceptors (Lipinski definition) is 7. The van der Waals surface area contributed by atoms with Crippen LogP contribution >= 0.6 is 30.5 Å². The van der Waals surface area contributed by atoms with Crippen LogP contribution in [0.25, 0.3) is 11.5 Å². The van der Waals surface area contributed by atoms with Gasteiger partial charge in [-0.15, -0.1) is 0 Å². The summed E-state index contributed by atoms with van der Waals surface area (Å²) in [5.41, 5.74) is 1.60. The second kappa shape index (κ2) is 12.7. The van der Waals surface area contributed by atoms with Gasteiger partial charge in [0.2, 0.25) is 5.89 Å². The maximum absolute atomic E-state index is 8.60. The van der Waals surface area contributed by atoms with Crippen LogP contribution in [0.5, 0.6) is 0 Å². The molecular formula is C29H25Cl3N2O5P+. The van der Waals surface area contributed by atoms with Crippen LogP contribution in [0.1, 0.15) is 0 Å². The highest BCUT2D eigenvalue weighted by Crippen LogP contribution is 2.56. The average Bonchev–Trinajstić information content (AvgIpc) is 3.36. The van der Waals surface area contributed by atoms with Crippen LogP contribution in [0.15, 0.2) is 114 Å². The number of hydrogen-bond donors (Lipinski definition) is 1. The van der Waals surface area contributed by atoms with Crippen molar-refractivity contribution in [1.82, 2.24) is 4.98 Å². The Labute approximate surface area is 244 Å². The minimum absolute atomic E-state index is 0.470. The molecule has 1 heterocycles. The Hall–Kier alpha value is -2.97. The third-order valence-electron chi connectivity index (χ3n) is 5.91. The van der Waals surface area contributed by atoms with E-state index in [-0.39, 0.29) is 0 Å². The van der Waals surface area contributed by atoms with Gasteiger partial charge in [-0.05, 0) is 54.6 Å². The number of nitrogens with zero attached hydrogens (tertiary/aromatic N) is 2. The fraction of sp³-hybridized carbons (Fsp3) is 0.0690. The monoisotopic (exact) mass is 617 g/mol. The number of aromatic nitrogens is 1. The molecule has 0 fully saturated rings. The molecule has 0 saturated carbocycles. The Morgan fingerprint density at radius 3 is 1.55 bits per heavy atom. The molecule has 0 aliphatic carbocycles. The highest BCUT2D eigenvalue weighted by Gasteiger charge is 2.53. The van der Waals surface area contributed by atoms with Gasteiger partial charge in [0, 0.05) is 19.1 Å². The van der Waals surface area contributed by atoms with Crippen molar-refractivity contribution in [2.75, 3.05) is 19.0 Å². The van der Waals surface area contributed by atoms with Gasteiger partial charge in [0.1, 0.15) is 15.9 Å². The molecule has 40 heavy (non-hydrogen) atoms. The van der Waals surface area contributed by atoms with Crippen LogP contribution in [-0.2, 0) is 0 Å². The summed E-state index contributed by atoms with van der Waals surface area (Å²) in [4.78, 5) is 7.19. The fourth-order valence-corrected chi connectivity index (χ4v) is 9.11. The van der Waals surface area contributed by atoms with Crippen molar-refractivity contribution in [1.29, 1.82) is 0 Å². The molecule has 0 radical (unpaired) electrons. The van der Waals surface area contributed by atoms with Gasteiger partial charge in [0.25, 0.3) is 11.3 Å². The molecule has 0 aliphatic rings. The van der Waals surface area contributed by atoms with Gasteiger partial charge >= 0.3 is 0 Å². The molecule has 0 saturated heterocycles. The predicted molar refractivity (Wildman–Crippen MR) is 153 cm³/mol. The molecule has 0 amide bonds. The van der Waals surface area contributed by atoms with Crippen LogP contribution < -0.4 is 40.2 Å². The molecule has 11 heteroatoms. The predicted octanol–water partition coefficient (Wildman–Crippen LogP) is 2.21. The normalized spacial score (nSPS) is 11.5. The molecule has 206 valence electrons. The topological polar surface area (TPSA) is 119 Å². The van der Waals surface area contributed by atoms with E-state index in [4.69, 9.17) is 51.2 Å². The molecule has 0 atom stereocenters. The quantitative estimate of drug-likeness (QED) is 0.290. The summed E-state index contributed by atoms with van der Waals surface area (Å²) < 4.78 is 39.2. The van der Waals surface area contributed by atoms with Crippen molar-refractivity contribution in [2.45, 2.75) is 0 Å². The van der Waals surface area contributed by atoms with E-state index in [9.17, 15) is 0 Å². The third-order valence-corrected chi connectivity index (χ3v) is 10.6. The molecule has 7 nitrogen and oxygen atoms in total. The van der Waals surface area contributed by atoms with Gasteiger partial charge in [-0.25, -0.2) is 0 Å². The fourth-order valence-electron chi connectivity index (χ4n) is 4.36. The summed E-state index contributed by atoms with van der Waals surface area (Å²) in [5, 5.41) is 4.66. The summed E-state index contributed by atoms with van der Waals surface area (Å²) in [6.45, 7) is 0. The zero-order valence-electron chi connectivity index (χ0n) is 21.4. The summed E-state index contributed by atoms with van der Waals surface area (Å²) in [6.07, 6.45) is 0. The Bertz CT molecular complexity index is 1440. The lowest BCUT2D eigenvalue weighted by Gasteiger charge is -2.26. The standard InChI is InChI=1S/C29H24Cl2N2OP.ClHO4/c1-33(2)29-28(32-27(34-29)25-19-18-21(30)20-26(25)31)35(22-12-6-3-7-13-22,23-14-8-4-9-15-23)24-16-10-5-11-17-24;2-1(3,4)5/h3-20H,1-2H3;(H,2,3,4,5)/q+1;. The van der Waals surface area contributed by atoms with E-state index in [2.05, 4.69) is 72.8 Å². The van der Waals surface area contributed by atoms with Crippen molar-refractivity contribution in [3.8, 4) is 11.5 Å².